The van der Waals surface area contributed by atoms with Gasteiger partial charge in [0.2, 0.25) is 17.7 Å². The van der Waals surface area contributed by atoms with Gasteiger partial charge in [0, 0.05) is 37.5 Å². The molecule has 0 radical (unpaired) electrons. The van der Waals surface area contributed by atoms with E-state index < -0.39 is 0 Å². The van der Waals surface area contributed by atoms with Crippen molar-refractivity contribution in [1.29, 1.82) is 0 Å². The van der Waals surface area contributed by atoms with Crippen LogP contribution in [-0.4, -0.2) is 35.9 Å². The molecule has 22 heavy (non-hydrogen) atoms. The molecule has 116 valence electrons. The number of carbonyl (C=O) groups excluding carboxylic acids is 1. The Kier molecular flexibility index (Phi) is 4.80. The lowest BCUT2D eigenvalue weighted by atomic mass is 10.1. The number of nitrogens with one attached hydrogen (secondary N) is 1. The Morgan fingerprint density at radius 2 is 2.14 bits per heavy atom. The summed E-state index contributed by atoms with van der Waals surface area (Å²) in [6, 6.07) is 9.58. The third-order valence-electron chi connectivity index (χ3n) is 3.67. The molecule has 2 aromatic rings. The largest absolute Gasteiger partial charge is 0.421 e. The average Bonchev–Trinajstić information content (AvgIpc) is 3.23. The number of aromatic nitrogens is 2. The highest BCUT2D eigenvalue weighted by molar-refractivity contribution is 5.76. The van der Waals surface area contributed by atoms with Gasteiger partial charge in [0.05, 0.1) is 6.61 Å². The lowest BCUT2D eigenvalue weighted by Gasteiger charge is -2.08. The normalized spacial score (nSPS) is 17.5. The van der Waals surface area contributed by atoms with Crippen LogP contribution in [0.15, 0.2) is 34.7 Å². The molecule has 0 saturated carbocycles. The first-order chi connectivity index (χ1) is 10.8. The molecule has 3 rings (SSSR count). The minimum atomic E-state index is 0.00589. The zero-order valence-corrected chi connectivity index (χ0v) is 12.3. The van der Waals surface area contributed by atoms with Crippen molar-refractivity contribution in [1.82, 2.24) is 15.5 Å². The quantitative estimate of drug-likeness (QED) is 0.880. The van der Waals surface area contributed by atoms with E-state index in [1.165, 1.54) is 0 Å². The third-order valence-corrected chi connectivity index (χ3v) is 3.67. The first-order valence-corrected chi connectivity index (χ1v) is 7.53. The van der Waals surface area contributed by atoms with Gasteiger partial charge in [0.1, 0.15) is 0 Å². The number of carbonyl (C=O) groups is 1. The maximum atomic E-state index is 11.8. The monoisotopic (exact) mass is 301 g/mol. The van der Waals surface area contributed by atoms with Crippen LogP contribution in [0.25, 0.3) is 11.5 Å². The summed E-state index contributed by atoms with van der Waals surface area (Å²) in [6.07, 6.45) is 1.82. The molecular weight excluding hydrogens is 282 g/mol. The van der Waals surface area contributed by atoms with Crippen LogP contribution >= 0.6 is 0 Å². The minimum absolute atomic E-state index is 0.00589. The Bertz CT molecular complexity index is 606. The van der Waals surface area contributed by atoms with Gasteiger partial charge in [-0.15, -0.1) is 10.2 Å². The second kappa shape index (κ2) is 7.17. The minimum Gasteiger partial charge on any atom is -0.421 e. The van der Waals surface area contributed by atoms with Crippen molar-refractivity contribution in [3.63, 3.8) is 0 Å². The first kappa shape index (κ1) is 14.7. The number of aryl methyl sites for hydroxylation is 1. The summed E-state index contributed by atoms with van der Waals surface area (Å²) >= 11 is 0. The molecule has 1 aromatic carbocycles. The predicted molar refractivity (Wildman–Crippen MR) is 80.0 cm³/mol. The number of benzene rings is 1. The number of nitrogens with zero attached hydrogens (tertiary/aromatic N) is 2. The number of ether oxygens (including phenoxy) is 1. The molecule has 1 N–H and O–H groups in total. The number of rotatable bonds is 6. The number of hydrogen-bond acceptors (Lipinski definition) is 5. The standard InChI is InChI=1S/C16H19N3O3/c20-14(17-10-12-8-9-21-11-12)6-7-15-18-19-16(22-15)13-4-2-1-3-5-13/h1-5,12H,6-11H2,(H,17,20)/t12-/m1/s1. The van der Waals surface area contributed by atoms with Crippen molar-refractivity contribution < 1.29 is 13.9 Å². The van der Waals surface area contributed by atoms with Crippen LogP contribution < -0.4 is 5.32 Å². The van der Waals surface area contributed by atoms with Gasteiger partial charge in [-0.05, 0) is 18.6 Å². The zero-order chi connectivity index (χ0) is 15.2. The fourth-order valence-electron chi connectivity index (χ4n) is 2.36. The van der Waals surface area contributed by atoms with E-state index in [1.54, 1.807) is 0 Å². The molecule has 0 bridgehead atoms. The average molecular weight is 301 g/mol. The topological polar surface area (TPSA) is 77.2 Å². The molecule has 1 amide bonds. The van der Waals surface area contributed by atoms with Gasteiger partial charge in [0.25, 0.3) is 0 Å². The molecular formula is C16H19N3O3. The van der Waals surface area contributed by atoms with Crippen LogP contribution in [0.3, 0.4) is 0 Å². The molecule has 1 fully saturated rings. The van der Waals surface area contributed by atoms with Crippen LogP contribution in [-0.2, 0) is 16.0 Å². The molecule has 0 unspecified atom stereocenters. The van der Waals surface area contributed by atoms with E-state index in [0.29, 0.717) is 37.1 Å². The summed E-state index contributed by atoms with van der Waals surface area (Å²) in [6.45, 7) is 2.22. The molecule has 1 aliphatic heterocycles. The second-order valence-electron chi connectivity index (χ2n) is 5.40. The van der Waals surface area contributed by atoms with E-state index in [2.05, 4.69) is 15.5 Å². The smallest absolute Gasteiger partial charge is 0.247 e. The Hall–Kier alpha value is -2.21. The molecule has 2 heterocycles. The summed E-state index contributed by atoms with van der Waals surface area (Å²) < 4.78 is 10.9. The Morgan fingerprint density at radius 1 is 1.27 bits per heavy atom. The third kappa shape index (κ3) is 3.92. The number of hydrogen-bond donors (Lipinski definition) is 1. The predicted octanol–water partition coefficient (Wildman–Crippen LogP) is 1.82. The van der Waals surface area contributed by atoms with Gasteiger partial charge in [-0.3, -0.25) is 4.79 Å². The highest BCUT2D eigenvalue weighted by Crippen LogP contribution is 2.17. The fraction of sp³-hybridized carbons (Fsp3) is 0.438. The lowest BCUT2D eigenvalue weighted by molar-refractivity contribution is -0.121. The first-order valence-electron chi connectivity index (χ1n) is 7.53. The molecule has 1 saturated heterocycles. The second-order valence-corrected chi connectivity index (χ2v) is 5.40. The van der Waals surface area contributed by atoms with Crippen molar-refractivity contribution in [2.45, 2.75) is 19.3 Å². The fourth-order valence-corrected chi connectivity index (χ4v) is 2.36. The Morgan fingerprint density at radius 3 is 2.91 bits per heavy atom. The van der Waals surface area contributed by atoms with E-state index in [-0.39, 0.29) is 5.91 Å². The zero-order valence-electron chi connectivity index (χ0n) is 12.3. The summed E-state index contributed by atoms with van der Waals surface area (Å²) in [5, 5.41) is 10.9. The summed E-state index contributed by atoms with van der Waals surface area (Å²) in [5.41, 5.74) is 0.881. The van der Waals surface area contributed by atoms with Crippen LogP contribution in [0.4, 0.5) is 0 Å². The lowest BCUT2D eigenvalue weighted by Crippen LogP contribution is -2.29. The SMILES string of the molecule is O=C(CCc1nnc(-c2ccccc2)o1)NC[C@H]1CCOC1. The van der Waals surface area contributed by atoms with Crippen molar-refractivity contribution >= 4 is 5.91 Å². The van der Waals surface area contributed by atoms with Crippen molar-refractivity contribution in [3.05, 3.63) is 36.2 Å². The molecule has 1 aromatic heterocycles. The molecule has 6 heteroatoms. The summed E-state index contributed by atoms with van der Waals surface area (Å²) in [5.74, 6) is 1.42. The van der Waals surface area contributed by atoms with E-state index in [0.717, 1.165) is 25.2 Å². The van der Waals surface area contributed by atoms with Crippen molar-refractivity contribution in [3.8, 4) is 11.5 Å². The van der Waals surface area contributed by atoms with E-state index in [1.807, 2.05) is 30.3 Å². The van der Waals surface area contributed by atoms with E-state index in [9.17, 15) is 4.79 Å². The number of amides is 1. The molecule has 1 atom stereocenters. The van der Waals surface area contributed by atoms with Crippen molar-refractivity contribution in [2.75, 3.05) is 19.8 Å². The van der Waals surface area contributed by atoms with Gasteiger partial charge >= 0.3 is 0 Å². The highest BCUT2D eigenvalue weighted by Gasteiger charge is 2.16. The highest BCUT2D eigenvalue weighted by atomic mass is 16.5. The van der Waals surface area contributed by atoms with E-state index >= 15 is 0 Å². The van der Waals surface area contributed by atoms with Crippen molar-refractivity contribution in [2.24, 2.45) is 5.92 Å². The van der Waals surface area contributed by atoms with Gasteiger partial charge in [-0.25, -0.2) is 0 Å². The molecule has 6 nitrogen and oxygen atoms in total. The van der Waals surface area contributed by atoms with Gasteiger partial charge < -0.3 is 14.5 Å². The van der Waals surface area contributed by atoms with Crippen LogP contribution in [0.5, 0.6) is 0 Å². The Balaban J connectivity index is 1.45. The molecule has 0 spiro atoms. The van der Waals surface area contributed by atoms with Gasteiger partial charge in [-0.2, -0.15) is 0 Å². The van der Waals surface area contributed by atoms with Crippen LogP contribution in [0.1, 0.15) is 18.7 Å². The molecule has 1 aliphatic rings. The maximum absolute atomic E-state index is 11.8. The van der Waals surface area contributed by atoms with E-state index in [4.69, 9.17) is 9.15 Å². The van der Waals surface area contributed by atoms with Crippen LogP contribution in [0, 0.1) is 5.92 Å². The Labute approximate surface area is 128 Å². The van der Waals surface area contributed by atoms with Gasteiger partial charge in [-0.1, -0.05) is 18.2 Å². The maximum Gasteiger partial charge on any atom is 0.247 e. The van der Waals surface area contributed by atoms with Crippen LogP contribution in [0.2, 0.25) is 0 Å². The van der Waals surface area contributed by atoms with Gasteiger partial charge in [0.15, 0.2) is 0 Å². The summed E-state index contributed by atoms with van der Waals surface area (Å²) in [4.78, 5) is 11.8. The molecule has 0 aliphatic carbocycles. The summed E-state index contributed by atoms with van der Waals surface area (Å²) in [7, 11) is 0.